The number of hydrogen-bond acceptors (Lipinski definition) is 7. The van der Waals surface area contributed by atoms with Crippen LogP contribution in [0.5, 0.6) is 0 Å². The minimum atomic E-state index is -1.01. The molecule has 192 valence electrons. The van der Waals surface area contributed by atoms with Crippen LogP contribution in [0.4, 0.5) is 0 Å². The van der Waals surface area contributed by atoms with Crippen molar-refractivity contribution in [2.45, 2.75) is 19.4 Å². The predicted octanol–water partition coefficient (Wildman–Crippen LogP) is 5.81. The summed E-state index contributed by atoms with van der Waals surface area (Å²) in [5, 5.41) is 27.0. The zero-order valence-corrected chi connectivity index (χ0v) is 20.8. The molecule has 0 unspecified atom stereocenters. The van der Waals surface area contributed by atoms with E-state index in [4.69, 9.17) is 9.15 Å². The number of hydrogen-bond donors (Lipinski definition) is 2. The van der Waals surface area contributed by atoms with E-state index in [9.17, 15) is 14.7 Å². The molecule has 0 bridgehead atoms. The Morgan fingerprint density at radius 2 is 1.74 bits per heavy atom. The number of rotatable bonds is 7. The largest absolute Gasteiger partial charge is 0.478 e. The van der Waals surface area contributed by atoms with Crippen molar-refractivity contribution in [2.75, 3.05) is 0 Å². The molecule has 4 aromatic carbocycles. The van der Waals surface area contributed by atoms with Gasteiger partial charge in [-0.25, -0.2) is 9.42 Å². The SMILES string of the molecule is C[C@H](NC(=O)c1cc(-c2cnon2)cc2onc(Cc3ccc4ccccc4c3)c12)c1ccc(C(=O)O)cc1. The van der Waals surface area contributed by atoms with Crippen LogP contribution in [0, 0.1) is 0 Å². The van der Waals surface area contributed by atoms with Gasteiger partial charge in [0.2, 0.25) is 0 Å². The van der Waals surface area contributed by atoms with Gasteiger partial charge in [-0.15, -0.1) is 0 Å². The number of aromatic nitrogens is 3. The second-order valence-electron chi connectivity index (χ2n) is 9.30. The number of fused-ring (bicyclic) bond motifs is 2. The molecule has 0 fully saturated rings. The van der Waals surface area contributed by atoms with E-state index < -0.39 is 12.0 Å². The molecule has 0 saturated carbocycles. The van der Waals surface area contributed by atoms with Crippen molar-refractivity contribution in [3.05, 3.63) is 113 Å². The number of amides is 1. The van der Waals surface area contributed by atoms with E-state index in [-0.39, 0.29) is 11.5 Å². The van der Waals surface area contributed by atoms with E-state index in [2.05, 4.69) is 45.1 Å². The van der Waals surface area contributed by atoms with Crippen LogP contribution in [-0.4, -0.2) is 32.5 Å². The Morgan fingerprint density at radius 3 is 2.49 bits per heavy atom. The minimum Gasteiger partial charge on any atom is -0.478 e. The van der Waals surface area contributed by atoms with Gasteiger partial charge in [0, 0.05) is 12.0 Å². The summed E-state index contributed by atoms with van der Waals surface area (Å²) >= 11 is 0. The smallest absolute Gasteiger partial charge is 0.335 e. The summed E-state index contributed by atoms with van der Waals surface area (Å²) in [7, 11) is 0. The molecule has 0 aliphatic heterocycles. The molecule has 0 aliphatic carbocycles. The zero-order valence-electron chi connectivity index (χ0n) is 20.8. The van der Waals surface area contributed by atoms with Gasteiger partial charge in [-0.3, -0.25) is 4.79 Å². The molecule has 39 heavy (non-hydrogen) atoms. The highest BCUT2D eigenvalue weighted by Crippen LogP contribution is 2.31. The fourth-order valence-electron chi connectivity index (χ4n) is 4.69. The monoisotopic (exact) mass is 518 g/mol. The molecular weight excluding hydrogens is 496 g/mol. The topological polar surface area (TPSA) is 131 Å². The molecule has 9 heteroatoms. The Hall–Kier alpha value is -5.31. The van der Waals surface area contributed by atoms with Crippen LogP contribution >= 0.6 is 0 Å². The normalized spacial score (nSPS) is 12.0. The summed E-state index contributed by atoms with van der Waals surface area (Å²) < 4.78 is 10.5. The van der Waals surface area contributed by atoms with Gasteiger partial charge in [0.25, 0.3) is 5.91 Å². The summed E-state index contributed by atoms with van der Waals surface area (Å²) in [5.74, 6) is -1.35. The summed E-state index contributed by atoms with van der Waals surface area (Å²) in [6.45, 7) is 1.83. The van der Waals surface area contributed by atoms with Crippen LogP contribution in [0.2, 0.25) is 0 Å². The number of nitrogens with zero attached hydrogens (tertiary/aromatic N) is 3. The van der Waals surface area contributed by atoms with Gasteiger partial charge in [-0.1, -0.05) is 64.9 Å². The number of nitrogens with one attached hydrogen (secondary N) is 1. The zero-order chi connectivity index (χ0) is 26.9. The van der Waals surface area contributed by atoms with Gasteiger partial charge in [-0.05, 0) is 58.2 Å². The first-order chi connectivity index (χ1) is 19.0. The fourth-order valence-corrected chi connectivity index (χ4v) is 4.69. The van der Waals surface area contributed by atoms with Crippen LogP contribution in [0.15, 0.2) is 94.2 Å². The van der Waals surface area contributed by atoms with E-state index in [1.54, 1.807) is 24.3 Å². The van der Waals surface area contributed by atoms with Crippen molar-refractivity contribution in [1.29, 1.82) is 0 Å². The number of carboxylic acids is 1. The van der Waals surface area contributed by atoms with Crippen molar-refractivity contribution in [1.82, 2.24) is 20.8 Å². The Bertz CT molecular complexity index is 1820. The van der Waals surface area contributed by atoms with Gasteiger partial charge in [0.15, 0.2) is 5.58 Å². The number of carboxylic acid groups (broad SMARTS) is 1. The van der Waals surface area contributed by atoms with Crippen LogP contribution in [-0.2, 0) is 6.42 Å². The van der Waals surface area contributed by atoms with Crippen molar-refractivity contribution in [3.63, 3.8) is 0 Å². The summed E-state index contributed by atoms with van der Waals surface area (Å²) in [5.41, 5.74) is 4.47. The Balaban J connectivity index is 1.38. The molecule has 2 heterocycles. The lowest BCUT2D eigenvalue weighted by molar-refractivity contribution is 0.0696. The molecule has 1 atom stereocenters. The first-order valence-electron chi connectivity index (χ1n) is 12.3. The Morgan fingerprint density at radius 1 is 0.949 bits per heavy atom. The standard InChI is InChI=1S/C30H22N4O5/c1-17(19-8-10-21(11-9-19)30(36)37)32-29(35)24-14-23(26-16-31-39-34-26)15-27-28(24)25(33-38-27)13-18-6-7-20-4-2-3-5-22(20)12-18/h2-12,14-17H,13H2,1H3,(H,32,35)(H,36,37)/t17-/m0/s1. The maximum atomic E-state index is 13.7. The number of carbonyl (C=O) groups excluding carboxylic acids is 1. The van der Waals surface area contributed by atoms with Crippen molar-refractivity contribution in [3.8, 4) is 11.3 Å². The molecule has 1 amide bonds. The third-order valence-electron chi connectivity index (χ3n) is 6.74. The molecule has 0 spiro atoms. The number of benzene rings is 4. The second kappa shape index (κ2) is 9.86. The lowest BCUT2D eigenvalue weighted by Gasteiger charge is -2.15. The van der Waals surface area contributed by atoms with E-state index in [0.717, 1.165) is 21.9 Å². The second-order valence-corrected chi connectivity index (χ2v) is 9.30. The summed E-state index contributed by atoms with van der Waals surface area (Å²) in [6, 6.07) is 23.8. The van der Waals surface area contributed by atoms with Crippen LogP contribution in [0.25, 0.3) is 33.0 Å². The van der Waals surface area contributed by atoms with E-state index in [1.165, 1.54) is 18.3 Å². The summed E-state index contributed by atoms with van der Waals surface area (Å²) in [4.78, 5) is 24.9. The van der Waals surface area contributed by atoms with Gasteiger partial charge < -0.3 is 14.9 Å². The quantitative estimate of drug-likeness (QED) is 0.271. The lowest BCUT2D eigenvalue weighted by atomic mass is 9.97. The third kappa shape index (κ3) is 4.73. The van der Waals surface area contributed by atoms with Crippen LogP contribution < -0.4 is 5.32 Å². The van der Waals surface area contributed by atoms with Crippen molar-refractivity contribution >= 4 is 33.6 Å². The molecular formula is C30H22N4O5. The van der Waals surface area contributed by atoms with E-state index in [0.29, 0.717) is 39.9 Å². The maximum Gasteiger partial charge on any atom is 0.335 e. The van der Waals surface area contributed by atoms with Crippen LogP contribution in [0.1, 0.15) is 50.5 Å². The van der Waals surface area contributed by atoms with E-state index in [1.807, 2.05) is 25.1 Å². The maximum absolute atomic E-state index is 13.7. The highest BCUT2D eigenvalue weighted by atomic mass is 16.6. The highest BCUT2D eigenvalue weighted by Gasteiger charge is 2.22. The number of carbonyl (C=O) groups is 2. The number of aromatic carboxylic acids is 1. The minimum absolute atomic E-state index is 0.177. The Labute approximate surface area is 222 Å². The average molecular weight is 519 g/mol. The van der Waals surface area contributed by atoms with Gasteiger partial charge in [0.1, 0.15) is 5.69 Å². The molecule has 0 aliphatic rings. The molecule has 6 aromatic rings. The lowest BCUT2D eigenvalue weighted by Crippen LogP contribution is -2.27. The van der Waals surface area contributed by atoms with Crippen LogP contribution in [0.3, 0.4) is 0 Å². The molecule has 0 saturated heterocycles. The van der Waals surface area contributed by atoms with Crippen molar-refractivity contribution < 1.29 is 23.8 Å². The van der Waals surface area contributed by atoms with Gasteiger partial charge in [0.05, 0.1) is 34.4 Å². The first-order valence-corrected chi connectivity index (χ1v) is 12.3. The third-order valence-corrected chi connectivity index (χ3v) is 6.74. The van der Waals surface area contributed by atoms with Crippen molar-refractivity contribution in [2.24, 2.45) is 0 Å². The first kappa shape index (κ1) is 24.1. The average Bonchev–Trinajstić information content (AvgIpc) is 3.63. The molecule has 2 N–H and O–H groups in total. The molecule has 9 nitrogen and oxygen atoms in total. The molecule has 2 aromatic heterocycles. The van der Waals surface area contributed by atoms with E-state index >= 15 is 0 Å². The van der Waals surface area contributed by atoms with Gasteiger partial charge in [-0.2, -0.15) is 0 Å². The molecule has 6 rings (SSSR count). The Kier molecular flexibility index (Phi) is 6.08. The molecule has 0 radical (unpaired) electrons. The fraction of sp³-hybridized carbons (Fsp3) is 0.100. The predicted molar refractivity (Wildman–Crippen MR) is 143 cm³/mol. The highest BCUT2D eigenvalue weighted by molar-refractivity contribution is 6.08. The summed E-state index contributed by atoms with van der Waals surface area (Å²) in [6.07, 6.45) is 1.93. The van der Waals surface area contributed by atoms with Gasteiger partial charge >= 0.3 is 5.97 Å².